The van der Waals surface area contributed by atoms with E-state index in [1.54, 1.807) is 12.3 Å². The fourth-order valence-corrected chi connectivity index (χ4v) is 5.36. The van der Waals surface area contributed by atoms with Crippen molar-refractivity contribution in [2.75, 3.05) is 0 Å². The lowest BCUT2D eigenvalue weighted by molar-refractivity contribution is 0.476. The van der Waals surface area contributed by atoms with E-state index in [4.69, 9.17) is 4.42 Å². The highest BCUT2D eigenvalue weighted by Gasteiger charge is 2.26. The number of pyridine rings is 2. The number of H-pyrrole nitrogens is 2. The molecule has 7 nitrogen and oxygen atoms in total. The number of aromatic amines is 2. The topological polar surface area (TPSA) is 96.7 Å². The van der Waals surface area contributed by atoms with Crippen LogP contribution in [0.5, 0.6) is 0 Å². The average molecular weight is 436 g/mol. The maximum absolute atomic E-state index is 13.3. The molecule has 1 fully saturated rings. The molecule has 1 saturated carbocycles. The molecule has 0 unspecified atom stereocenters. The molecule has 0 saturated heterocycles. The van der Waals surface area contributed by atoms with Crippen molar-refractivity contribution < 1.29 is 4.42 Å². The summed E-state index contributed by atoms with van der Waals surface area (Å²) in [6.07, 6.45) is 6.14. The summed E-state index contributed by atoms with van der Waals surface area (Å²) in [7, 11) is 0. The maximum atomic E-state index is 13.3. The van der Waals surface area contributed by atoms with Crippen molar-refractivity contribution in [3.05, 3.63) is 75.3 Å². The van der Waals surface area contributed by atoms with Crippen LogP contribution >= 0.6 is 0 Å². The molecule has 0 radical (unpaired) electrons. The summed E-state index contributed by atoms with van der Waals surface area (Å²) in [6.45, 7) is 0. The van der Waals surface area contributed by atoms with Gasteiger partial charge in [-0.15, -0.1) is 0 Å². The molecule has 4 aromatic heterocycles. The number of fused-ring (bicyclic) bond motifs is 5. The molecule has 2 aromatic carbocycles. The maximum Gasteiger partial charge on any atom is 0.274 e. The van der Waals surface area contributed by atoms with E-state index in [-0.39, 0.29) is 17.0 Å². The Morgan fingerprint density at radius 2 is 1.91 bits per heavy atom. The van der Waals surface area contributed by atoms with Crippen LogP contribution in [0.1, 0.15) is 31.7 Å². The molecule has 162 valence electrons. The third-order valence-corrected chi connectivity index (χ3v) is 6.89. The van der Waals surface area contributed by atoms with Crippen molar-refractivity contribution in [1.29, 1.82) is 0 Å². The van der Waals surface area contributed by atoms with Crippen LogP contribution in [-0.2, 0) is 0 Å². The van der Waals surface area contributed by atoms with Crippen molar-refractivity contribution in [2.24, 2.45) is 0 Å². The van der Waals surface area contributed by atoms with E-state index in [2.05, 4.69) is 15.1 Å². The zero-order valence-electron chi connectivity index (χ0n) is 17.7. The van der Waals surface area contributed by atoms with Crippen LogP contribution in [0.4, 0.5) is 0 Å². The van der Waals surface area contributed by atoms with E-state index in [9.17, 15) is 9.59 Å². The first-order valence-electron chi connectivity index (χ1n) is 11.3. The van der Waals surface area contributed by atoms with E-state index in [1.165, 1.54) is 12.1 Å². The first-order valence-corrected chi connectivity index (χ1v) is 11.3. The Hall–Kier alpha value is -4.13. The number of rotatable bonds is 2. The summed E-state index contributed by atoms with van der Waals surface area (Å²) in [5.41, 5.74) is 4.84. The Kier molecular flexibility index (Phi) is 3.74. The summed E-state index contributed by atoms with van der Waals surface area (Å²) in [5, 5.41) is 5.46. The third-order valence-electron chi connectivity index (χ3n) is 6.89. The second-order valence-corrected chi connectivity index (χ2v) is 8.85. The van der Waals surface area contributed by atoms with Crippen LogP contribution in [0.2, 0.25) is 0 Å². The fourth-order valence-electron chi connectivity index (χ4n) is 5.36. The molecule has 2 N–H and O–H groups in total. The number of benzene rings is 2. The minimum atomic E-state index is -0.152. The summed E-state index contributed by atoms with van der Waals surface area (Å²) < 4.78 is 8.22. The molecule has 0 spiro atoms. The van der Waals surface area contributed by atoms with Crippen molar-refractivity contribution in [3.8, 4) is 11.1 Å². The number of hydrogen-bond acceptors (Lipinski definition) is 4. The lowest BCUT2D eigenvalue weighted by Gasteiger charge is -2.13. The molecule has 0 amide bonds. The van der Waals surface area contributed by atoms with Gasteiger partial charge < -0.3 is 9.40 Å². The van der Waals surface area contributed by atoms with Gasteiger partial charge in [0.15, 0.2) is 11.0 Å². The van der Waals surface area contributed by atoms with Gasteiger partial charge >= 0.3 is 0 Å². The molecule has 0 atom stereocenters. The van der Waals surface area contributed by atoms with Crippen molar-refractivity contribution >= 4 is 44.0 Å². The zero-order valence-corrected chi connectivity index (χ0v) is 17.7. The number of furan rings is 1. The Morgan fingerprint density at radius 3 is 2.79 bits per heavy atom. The minimum Gasteiger partial charge on any atom is -0.454 e. The van der Waals surface area contributed by atoms with Gasteiger partial charge in [0, 0.05) is 28.6 Å². The Morgan fingerprint density at radius 1 is 1.03 bits per heavy atom. The summed E-state index contributed by atoms with van der Waals surface area (Å²) in [5.74, 6) is 0. The van der Waals surface area contributed by atoms with Gasteiger partial charge in [-0.1, -0.05) is 25.0 Å². The molecule has 7 rings (SSSR count). The highest BCUT2D eigenvalue weighted by Crippen LogP contribution is 2.40. The quantitative estimate of drug-likeness (QED) is 0.388. The molecular formula is C26H20N4O3. The fraction of sp³-hybridized carbons (Fsp3) is 0.192. The molecule has 0 aliphatic heterocycles. The highest BCUT2D eigenvalue weighted by molar-refractivity contribution is 6.14. The lowest BCUT2D eigenvalue weighted by atomic mass is 10.00. The Balaban J connectivity index is 1.66. The highest BCUT2D eigenvalue weighted by atomic mass is 16.3. The van der Waals surface area contributed by atoms with E-state index in [0.717, 1.165) is 64.3 Å². The van der Waals surface area contributed by atoms with Gasteiger partial charge in [-0.25, -0.2) is 0 Å². The van der Waals surface area contributed by atoms with E-state index in [1.807, 2.05) is 35.0 Å². The first-order chi connectivity index (χ1) is 16.2. The smallest absolute Gasteiger partial charge is 0.274 e. The molecule has 1 aliphatic carbocycles. The van der Waals surface area contributed by atoms with Gasteiger partial charge in [0.1, 0.15) is 11.2 Å². The molecule has 4 heterocycles. The van der Waals surface area contributed by atoms with Crippen LogP contribution in [0.15, 0.2) is 68.7 Å². The molecule has 6 aromatic rings. The molecule has 1 aliphatic rings. The lowest BCUT2D eigenvalue weighted by Crippen LogP contribution is -2.10. The van der Waals surface area contributed by atoms with Gasteiger partial charge in [-0.05, 0) is 48.7 Å². The molecule has 0 bridgehead atoms. The Labute approximate surface area is 186 Å². The summed E-state index contributed by atoms with van der Waals surface area (Å²) in [6, 6.07) is 14.9. The number of nitrogens with one attached hydrogen (secondary N) is 2. The largest absolute Gasteiger partial charge is 0.454 e. The van der Waals surface area contributed by atoms with Crippen LogP contribution in [0.25, 0.3) is 55.1 Å². The van der Waals surface area contributed by atoms with Gasteiger partial charge in [-0.3, -0.25) is 24.4 Å². The number of aromatic nitrogens is 4. The van der Waals surface area contributed by atoms with Crippen LogP contribution in [0, 0.1) is 0 Å². The van der Waals surface area contributed by atoms with Gasteiger partial charge in [0.05, 0.1) is 22.5 Å². The predicted octanol–water partition coefficient (Wildman–Crippen LogP) is 5.25. The Bertz CT molecular complexity index is 1830. The third kappa shape index (κ3) is 2.65. The van der Waals surface area contributed by atoms with Gasteiger partial charge in [-0.2, -0.15) is 0 Å². The predicted molar refractivity (Wildman–Crippen MR) is 129 cm³/mol. The SMILES string of the molecule is O=c1ccc2c(c1)oc1c(-c3ccc4ncccc4c3)c3c(=O)[nH]n(C4CCCC4)c3[nH]c12. The second kappa shape index (κ2) is 6.68. The van der Waals surface area contributed by atoms with Crippen molar-refractivity contribution in [3.63, 3.8) is 0 Å². The van der Waals surface area contributed by atoms with Gasteiger partial charge in [0.25, 0.3) is 5.56 Å². The van der Waals surface area contributed by atoms with Crippen LogP contribution in [-0.4, -0.2) is 19.7 Å². The van der Waals surface area contributed by atoms with Crippen LogP contribution < -0.4 is 11.0 Å². The van der Waals surface area contributed by atoms with E-state index in [0.29, 0.717) is 16.6 Å². The standard InChI is InChI=1S/C26H20N4O3/c31-17-8-9-18-20(13-17)33-24-21(15-7-10-19-14(12-15)4-3-11-27-19)22-25(28-23(18)24)30(29-26(22)32)16-5-1-2-6-16/h3-4,7-13,16,28H,1-2,5-6H2,(H,29,32). The summed E-state index contributed by atoms with van der Waals surface area (Å²) >= 11 is 0. The first kappa shape index (κ1) is 18.4. The minimum absolute atomic E-state index is 0.113. The van der Waals surface area contributed by atoms with Crippen molar-refractivity contribution in [2.45, 2.75) is 31.7 Å². The summed E-state index contributed by atoms with van der Waals surface area (Å²) in [4.78, 5) is 33.2. The molecular weight excluding hydrogens is 416 g/mol. The van der Waals surface area contributed by atoms with Gasteiger partial charge in [0.2, 0.25) is 0 Å². The van der Waals surface area contributed by atoms with Crippen molar-refractivity contribution in [1.82, 2.24) is 19.7 Å². The normalized spacial score (nSPS) is 14.9. The number of nitrogens with zero attached hydrogens (tertiary/aromatic N) is 2. The number of hydrogen-bond donors (Lipinski definition) is 2. The average Bonchev–Trinajstić information content (AvgIpc) is 3.55. The molecule has 7 heteroatoms. The molecule has 33 heavy (non-hydrogen) atoms. The zero-order chi connectivity index (χ0) is 22.1. The second-order valence-electron chi connectivity index (χ2n) is 8.85. The van der Waals surface area contributed by atoms with E-state index >= 15 is 0 Å². The van der Waals surface area contributed by atoms with Crippen LogP contribution in [0.3, 0.4) is 0 Å². The van der Waals surface area contributed by atoms with E-state index < -0.39 is 0 Å². The monoisotopic (exact) mass is 436 g/mol.